The SMILES string of the molecule is Cc1cc(C2CCN(S(=O)(=O)C(C)(C)C(=O)O)CC2)ccc1-c1cccc(OCCO)n1. The van der Waals surface area contributed by atoms with Crippen molar-refractivity contribution in [3.63, 3.8) is 0 Å². The van der Waals surface area contributed by atoms with Crippen LogP contribution in [-0.2, 0) is 14.8 Å². The number of nitrogens with zero attached hydrogens (tertiary/aromatic N) is 2. The Morgan fingerprint density at radius 3 is 2.50 bits per heavy atom. The molecular weight excluding hydrogens is 432 g/mol. The summed E-state index contributed by atoms with van der Waals surface area (Å²) in [6.45, 7) is 5.19. The largest absolute Gasteiger partial charge is 0.480 e. The van der Waals surface area contributed by atoms with Gasteiger partial charge in [-0.1, -0.05) is 24.3 Å². The average Bonchev–Trinajstić information content (AvgIpc) is 2.77. The van der Waals surface area contributed by atoms with Crippen LogP contribution in [0.1, 0.15) is 43.7 Å². The lowest BCUT2D eigenvalue weighted by Crippen LogP contribution is -2.51. The molecular formula is C23H30N2O6S. The first-order chi connectivity index (χ1) is 15.1. The van der Waals surface area contributed by atoms with Gasteiger partial charge in [-0.25, -0.2) is 17.7 Å². The number of aromatic nitrogens is 1. The Morgan fingerprint density at radius 1 is 1.22 bits per heavy atom. The second kappa shape index (κ2) is 9.56. The van der Waals surface area contributed by atoms with Gasteiger partial charge in [0, 0.05) is 24.7 Å². The molecule has 9 heteroatoms. The van der Waals surface area contributed by atoms with Crippen LogP contribution in [-0.4, -0.2) is 64.9 Å². The monoisotopic (exact) mass is 462 g/mol. The first-order valence-electron chi connectivity index (χ1n) is 10.6. The van der Waals surface area contributed by atoms with Crippen LogP contribution in [0, 0.1) is 6.92 Å². The van der Waals surface area contributed by atoms with Gasteiger partial charge >= 0.3 is 5.97 Å². The summed E-state index contributed by atoms with van der Waals surface area (Å²) in [5, 5.41) is 18.2. The number of sulfonamides is 1. The first-order valence-corrected chi connectivity index (χ1v) is 12.1. The Kier molecular flexibility index (Phi) is 7.22. The maximum atomic E-state index is 12.8. The summed E-state index contributed by atoms with van der Waals surface area (Å²) >= 11 is 0. The van der Waals surface area contributed by atoms with E-state index >= 15 is 0 Å². The molecule has 2 N–H and O–H groups in total. The number of benzene rings is 1. The first kappa shape index (κ1) is 24.2. The van der Waals surface area contributed by atoms with Crippen LogP contribution in [0.25, 0.3) is 11.3 Å². The summed E-state index contributed by atoms with van der Waals surface area (Å²) in [6, 6.07) is 11.7. The number of carboxylic acids is 1. The third-order valence-electron chi connectivity index (χ3n) is 6.02. The topological polar surface area (TPSA) is 117 Å². The normalized spacial score (nSPS) is 16.1. The molecule has 0 spiro atoms. The Balaban J connectivity index is 1.73. The van der Waals surface area contributed by atoms with Crippen molar-refractivity contribution in [2.24, 2.45) is 0 Å². The van der Waals surface area contributed by atoms with Crippen molar-refractivity contribution < 1.29 is 28.2 Å². The minimum absolute atomic E-state index is 0.0758. The summed E-state index contributed by atoms with van der Waals surface area (Å²) in [5.41, 5.74) is 3.94. The van der Waals surface area contributed by atoms with Gasteiger partial charge in [-0.3, -0.25) is 4.79 Å². The number of carboxylic acid groups (broad SMARTS) is 1. The van der Waals surface area contributed by atoms with Gasteiger partial charge in [0.2, 0.25) is 15.9 Å². The molecule has 1 aliphatic heterocycles. The molecule has 2 aromatic rings. The van der Waals surface area contributed by atoms with E-state index in [0.717, 1.165) is 22.4 Å². The lowest BCUT2D eigenvalue weighted by molar-refractivity contribution is -0.139. The minimum Gasteiger partial charge on any atom is -0.480 e. The van der Waals surface area contributed by atoms with Crippen LogP contribution in [0.5, 0.6) is 5.88 Å². The van der Waals surface area contributed by atoms with Crippen LogP contribution in [0.4, 0.5) is 0 Å². The van der Waals surface area contributed by atoms with E-state index in [0.29, 0.717) is 31.8 Å². The summed E-state index contributed by atoms with van der Waals surface area (Å²) in [5.74, 6) is -0.683. The number of aliphatic hydroxyl groups is 1. The fourth-order valence-electron chi connectivity index (χ4n) is 3.89. The van der Waals surface area contributed by atoms with E-state index in [4.69, 9.17) is 9.84 Å². The van der Waals surface area contributed by atoms with E-state index in [-0.39, 0.29) is 19.1 Å². The lowest BCUT2D eigenvalue weighted by Gasteiger charge is -2.35. The van der Waals surface area contributed by atoms with E-state index in [2.05, 4.69) is 11.1 Å². The average molecular weight is 463 g/mol. The number of hydrogen-bond donors (Lipinski definition) is 2. The van der Waals surface area contributed by atoms with Gasteiger partial charge in [0.25, 0.3) is 0 Å². The van der Waals surface area contributed by atoms with E-state index < -0.39 is 20.7 Å². The van der Waals surface area contributed by atoms with Crippen molar-refractivity contribution >= 4 is 16.0 Å². The number of pyridine rings is 1. The third-order valence-corrected chi connectivity index (χ3v) is 8.53. The highest BCUT2D eigenvalue weighted by molar-refractivity contribution is 7.91. The molecule has 1 aromatic carbocycles. The Bertz CT molecular complexity index is 1080. The second-order valence-electron chi connectivity index (χ2n) is 8.50. The molecule has 0 saturated carbocycles. The Labute approximate surface area is 188 Å². The van der Waals surface area contributed by atoms with Crippen LogP contribution in [0.3, 0.4) is 0 Å². The predicted octanol–water partition coefficient (Wildman–Crippen LogP) is 2.80. The highest BCUT2D eigenvalue weighted by Crippen LogP contribution is 2.34. The highest BCUT2D eigenvalue weighted by Gasteiger charge is 2.46. The van der Waals surface area contributed by atoms with Gasteiger partial charge in [0.05, 0.1) is 12.3 Å². The smallest absolute Gasteiger partial charge is 0.325 e. The summed E-state index contributed by atoms with van der Waals surface area (Å²) in [6.07, 6.45) is 1.27. The minimum atomic E-state index is -3.93. The summed E-state index contributed by atoms with van der Waals surface area (Å²) < 4.78 is 30.4. The number of carbonyl (C=O) groups is 1. The fourth-order valence-corrected chi connectivity index (χ4v) is 5.44. The zero-order chi connectivity index (χ0) is 23.5. The van der Waals surface area contributed by atoms with Crippen molar-refractivity contribution in [1.29, 1.82) is 0 Å². The van der Waals surface area contributed by atoms with Crippen molar-refractivity contribution in [3.8, 4) is 17.1 Å². The number of aliphatic carboxylic acids is 1. The molecule has 1 saturated heterocycles. The van der Waals surface area contributed by atoms with Gasteiger partial charge in [0.1, 0.15) is 6.61 Å². The molecule has 8 nitrogen and oxygen atoms in total. The standard InChI is InChI=1S/C23H30N2O6S/c1-16-15-18(7-8-19(16)20-5-4-6-21(24-20)31-14-13-26)17-9-11-25(12-10-17)32(29,30)23(2,3)22(27)28/h4-8,15,17,26H,9-14H2,1-3H3,(H,27,28). The second-order valence-corrected chi connectivity index (χ2v) is 11.0. The molecule has 1 aromatic heterocycles. The van der Waals surface area contributed by atoms with Gasteiger partial charge in [-0.2, -0.15) is 0 Å². The van der Waals surface area contributed by atoms with Crippen molar-refractivity contribution in [1.82, 2.24) is 9.29 Å². The molecule has 174 valence electrons. The number of ether oxygens (including phenoxy) is 1. The van der Waals surface area contributed by atoms with E-state index in [1.54, 1.807) is 6.07 Å². The molecule has 1 fully saturated rings. The molecule has 2 heterocycles. The van der Waals surface area contributed by atoms with Crippen LogP contribution in [0.15, 0.2) is 36.4 Å². The van der Waals surface area contributed by atoms with Gasteiger partial charge in [-0.15, -0.1) is 0 Å². The highest BCUT2D eigenvalue weighted by atomic mass is 32.2. The van der Waals surface area contributed by atoms with E-state index in [9.17, 15) is 18.3 Å². The third kappa shape index (κ3) is 4.79. The summed E-state index contributed by atoms with van der Waals surface area (Å²) in [4.78, 5) is 15.9. The zero-order valence-electron chi connectivity index (χ0n) is 18.6. The van der Waals surface area contributed by atoms with E-state index in [1.165, 1.54) is 18.2 Å². The maximum absolute atomic E-state index is 12.8. The molecule has 0 radical (unpaired) electrons. The number of piperidine rings is 1. The quantitative estimate of drug-likeness (QED) is 0.619. The number of aliphatic hydroxyl groups excluding tert-OH is 1. The van der Waals surface area contributed by atoms with Crippen LogP contribution < -0.4 is 4.74 Å². The predicted molar refractivity (Wildman–Crippen MR) is 121 cm³/mol. The fraction of sp³-hybridized carbons (Fsp3) is 0.478. The molecule has 0 bridgehead atoms. The number of aryl methyl sites for hydroxylation is 1. The lowest BCUT2D eigenvalue weighted by atomic mass is 9.88. The number of rotatable bonds is 8. The molecule has 0 atom stereocenters. The maximum Gasteiger partial charge on any atom is 0.325 e. The summed E-state index contributed by atoms with van der Waals surface area (Å²) in [7, 11) is -3.93. The van der Waals surface area contributed by atoms with E-state index in [1.807, 2.05) is 31.2 Å². The Hall–Kier alpha value is -2.49. The molecule has 3 rings (SSSR count). The van der Waals surface area contributed by atoms with Crippen molar-refractivity contribution in [2.45, 2.75) is 44.3 Å². The molecule has 32 heavy (non-hydrogen) atoms. The number of hydrogen-bond acceptors (Lipinski definition) is 6. The molecule has 0 aliphatic carbocycles. The van der Waals surface area contributed by atoms with Crippen LogP contribution >= 0.6 is 0 Å². The van der Waals surface area contributed by atoms with Crippen molar-refractivity contribution in [3.05, 3.63) is 47.5 Å². The van der Waals surface area contributed by atoms with Gasteiger partial charge in [-0.05, 0) is 56.7 Å². The molecule has 0 unspecified atom stereocenters. The van der Waals surface area contributed by atoms with Gasteiger partial charge in [0.15, 0.2) is 4.75 Å². The molecule has 1 aliphatic rings. The van der Waals surface area contributed by atoms with Crippen molar-refractivity contribution in [2.75, 3.05) is 26.3 Å². The molecule has 0 amide bonds. The Morgan fingerprint density at radius 2 is 1.91 bits per heavy atom. The van der Waals surface area contributed by atoms with Crippen LogP contribution in [0.2, 0.25) is 0 Å². The van der Waals surface area contributed by atoms with Gasteiger partial charge < -0.3 is 14.9 Å². The zero-order valence-corrected chi connectivity index (χ0v) is 19.4.